The van der Waals surface area contributed by atoms with E-state index in [0.717, 1.165) is 19.3 Å². The molecule has 0 saturated carbocycles. The van der Waals surface area contributed by atoms with Gasteiger partial charge in [0.15, 0.2) is 0 Å². The molecule has 1 aliphatic carbocycles. The molecule has 0 aliphatic heterocycles. The molecule has 12 heavy (non-hydrogen) atoms. The largest absolute Gasteiger partial charge is 0.369 e. The zero-order chi connectivity index (χ0) is 9.03. The molecule has 0 aromatic carbocycles. The summed E-state index contributed by atoms with van der Waals surface area (Å²) in [6.45, 7) is 2.07. The van der Waals surface area contributed by atoms with Gasteiger partial charge in [-0.1, -0.05) is 37.6 Å². The van der Waals surface area contributed by atoms with Gasteiger partial charge in [0.05, 0.1) is 5.41 Å². The van der Waals surface area contributed by atoms with Gasteiger partial charge in [-0.2, -0.15) is 0 Å². The van der Waals surface area contributed by atoms with Crippen molar-refractivity contribution in [1.82, 2.24) is 0 Å². The molecule has 0 heterocycles. The highest BCUT2D eigenvalue weighted by atomic mass is 16.1. The number of carbonyl (C=O) groups excluding carboxylic acids is 1. The maximum absolute atomic E-state index is 11.2. The second-order valence-electron chi connectivity index (χ2n) is 3.26. The number of hydrogen-bond donors (Lipinski definition) is 1. The zero-order valence-corrected chi connectivity index (χ0v) is 7.42. The Bertz CT molecular complexity index is 230. The van der Waals surface area contributed by atoms with E-state index in [1.54, 1.807) is 0 Å². The highest BCUT2D eigenvalue weighted by Gasteiger charge is 2.32. The Labute approximate surface area is 73.1 Å². The van der Waals surface area contributed by atoms with Crippen LogP contribution in [0.15, 0.2) is 24.3 Å². The molecule has 1 aliphatic rings. The van der Waals surface area contributed by atoms with E-state index in [1.165, 1.54) is 0 Å². The molecule has 1 rings (SSSR count). The van der Waals surface area contributed by atoms with Crippen LogP contribution in [-0.4, -0.2) is 5.91 Å². The Kier molecular flexibility index (Phi) is 2.69. The first-order valence-corrected chi connectivity index (χ1v) is 4.35. The molecule has 0 fully saturated rings. The third-order valence-corrected chi connectivity index (χ3v) is 2.33. The number of amides is 1. The van der Waals surface area contributed by atoms with E-state index in [2.05, 4.69) is 6.92 Å². The van der Waals surface area contributed by atoms with Crippen molar-refractivity contribution < 1.29 is 4.79 Å². The summed E-state index contributed by atoms with van der Waals surface area (Å²) < 4.78 is 0. The van der Waals surface area contributed by atoms with Crippen LogP contribution in [0.25, 0.3) is 0 Å². The van der Waals surface area contributed by atoms with Crippen LogP contribution in [-0.2, 0) is 4.79 Å². The number of hydrogen-bond acceptors (Lipinski definition) is 1. The summed E-state index contributed by atoms with van der Waals surface area (Å²) in [5.74, 6) is -0.204. The molecule has 0 saturated heterocycles. The first kappa shape index (κ1) is 9.04. The fourth-order valence-electron chi connectivity index (χ4n) is 1.60. The van der Waals surface area contributed by atoms with E-state index >= 15 is 0 Å². The van der Waals surface area contributed by atoms with Gasteiger partial charge in [-0.25, -0.2) is 0 Å². The van der Waals surface area contributed by atoms with Crippen LogP contribution in [0.2, 0.25) is 0 Å². The van der Waals surface area contributed by atoms with Crippen LogP contribution in [0.3, 0.4) is 0 Å². The van der Waals surface area contributed by atoms with Crippen LogP contribution >= 0.6 is 0 Å². The molecule has 0 bridgehead atoms. The van der Waals surface area contributed by atoms with Gasteiger partial charge in [0.2, 0.25) is 5.91 Å². The number of carbonyl (C=O) groups is 1. The summed E-state index contributed by atoms with van der Waals surface area (Å²) in [6.07, 6.45) is 10.4. The Morgan fingerprint density at radius 2 is 2.33 bits per heavy atom. The lowest BCUT2D eigenvalue weighted by Gasteiger charge is -2.26. The molecule has 0 aromatic heterocycles. The SMILES string of the molecule is CCCC1(C(N)=O)C=CC=CC1. The monoisotopic (exact) mass is 165 g/mol. The molecule has 66 valence electrons. The van der Waals surface area contributed by atoms with Crippen molar-refractivity contribution in [3.63, 3.8) is 0 Å². The Morgan fingerprint density at radius 1 is 1.58 bits per heavy atom. The summed E-state index contributed by atoms with van der Waals surface area (Å²) in [7, 11) is 0. The first-order valence-electron chi connectivity index (χ1n) is 4.35. The summed E-state index contributed by atoms with van der Waals surface area (Å²) in [5.41, 5.74) is 4.96. The first-order chi connectivity index (χ1) is 5.71. The topological polar surface area (TPSA) is 43.1 Å². The third kappa shape index (κ3) is 1.58. The van der Waals surface area contributed by atoms with Crippen molar-refractivity contribution in [2.45, 2.75) is 26.2 Å². The van der Waals surface area contributed by atoms with Crippen molar-refractivity contribution in [3.05, 3.63) is 24.3 Å². The molecule has 1 unspecified atom stereocenters. The fourth-order valence-corrected chi connectivity index (χ4v) is 1.60. The van der Waals surface area contributed by atoms with Gasteiger partial charge >= 0.3 is 0 Å². The number of rotatable bonds is 3. The molecule has 1 atom stereocenters. The van der Waals surface area contributed by atoms with E-state index in [-0.39, 0.29) is 5.91 Å². The van der Waals surface area contributed by atoms with E-state index in [9.17, 15) is 4.79 Å². The highest BCUT2D eigenvalue weighted by Crippen LogP contribution is 2.32. The Hall–Kier alpha value is -1.05. The summed E-state index contributed by atoms with van der Waals surface area (Å²) in [5, 5.41) is 0. The van der Waals surface area contributed by atoms with Crippen LogP contribution in [0, 0.1) is 5.41 Å². The fraction of sp³-hybridized carbons (Fsp3) is 0.500. The second-order valence-corrected chi connectivity index (χ2v) is 3.26. The average Bonchev–Trinajstić information content (AvgIpc) is 2.06. The lowest BCUT2D eigenvalue weighted by Crippen LogP contribution is -2.35. The number of nitrogens with two attached hydrogens (primary N) is 1. The van der Waals surface area contributed by atoms with Gasteiger partial charge in [-0.3, -0.25) is 4.79 Å². The molecule has 2 heteroatoms. The van der Waals surface area contributed by atoms with Crippen LogP contribution in [0.5, 0.6) is 0 Å². The molecule has 2 nitrogen and oxygen atoms in total. The van der Waals surface area contributed by atoms with Crippen LogP contribution < -0.4 is 5.73 Å². The molecule has 1 amide bonds. The van der Waals surface area contributed by atoms with Crippen molar-refractivity contribution in [2.24, 2.45) is 11.1 Å². The van der Waals surface area contributed by atoms with Gasteiger partial charge < -0.3 is 5.73 Å². The second kappa shape index (κ2) is 3.57. The van der Waals surface area contributed by atoms with Crippen molar-refractivity contribution in [3.8, 4) is 0 Å². The quantitative estimate of drug-likeness (QED) is 0.680. The summed E-state index contributed by atoms with van der Waals surface area (Å²) in [6, 6.07) is 0. The minimum Gasteiger partial charge on any atom is -0.369 e. The van der Waals surface area contributed by atoms with Gasteiger partial charge in [0.1, 0.15) is 0 Å². The van der Waals surface area contributed by atoms with Gasteiger partial charge in [-0.15, -0.1) is 0 Å². The maximum Gasteiger partial charge on any atom is 0.227 e. The third-order valence-electron chi connectivity index (χ3n) is 2.33. The molecule has 0 radical (unpaired) electrons. The van der Waals surface area contributed by atoms with E-state index in [1.807, 2.05) is 24.3 Å². The normalized spacial score (nSPS) is 27.4. The smallest absolute Gasteiger partial charge is 0.227 e. The van der Waals surface area contributed by atoms with Crippen molar-refractivity contribution in [1.29, 1.82) is 0 Å². The summed E-state index contributed by atoms with van der Waals surface area (Å²) in [4.78, 5) is 11.2. The van der Waals surface area contributed by atoms with Gasteiger partial charge in [0.25, 0.3) is 0 Å². The van der Waals surface area contributed by atoms with E-state index in [4.69, 9.17) is 5.73 Å². The Balaban J connectivity index is 2.80. The predicted molar refractivity (Wildman–Crippen MR) is 49.4 cm³/mol. The highest BCUT2D eigenvalue weighted by molar-refractivity contribution is 5.83. The molecule has 0 aromatic rings. The van der Waals surface area contributed by atoms with Crippen LogP contribution in [0.4, 0.5) is 0 Å². The predicted octanol–water partition coefficient (Wildman–Crippen LogP) is 1.77. The minimum absolute atomic E-state index is 0.204. The van der Waals surface area contributed by atoms with E-state index in [0.29, 0.717) is 0 Å². The molecule has 0 spiro atoms. The Morgan fingerprint density at radius 3 is 2.75 bits per heavy atom. The number of primary amides is 1. The van der Waals surface area contributed by atoms with Gasteiger partial charge in [0, 0.05) is 0 Å². The van der Waals surface area contributed by atoms with Crippen molar-refractivity contribution >= 4 is 5.91 Å². The molecular formula is C10H15NO. The lowest BCUT2D eigenvalue weighted by atomic mass is 9.77. The molecular weight excluding hydrogens is 150 g/mol. The maximum atomic E-state index is 11.2. The lowest BCUT2D eigenvalue weighted by molar-refractivity contribution is -0.125. The number of allylic oxidation sites excluding steroid dienone is 3. The van der Waals surface area contributed by atoms with Crippen LogP contribution in [0.1, 0.15) is 26.2 Å². The van der Waals surface area contributed by atoms with Gasteiger partial charge in [-0.05, 0) is 12.8 Å². The standard InChI is InChI=1S/C10H15NO/c1-2-6-10(9(11)12)7-4-3-5-8-10/h3-5,7H,2,6,8H2,1H3,(H2,11,12). The van der Waals surface area contributed by atoms with Crippen molar-refractivity contribution in [2.75, 3.05) is 0 Å². The van der Waals surface area contributed by atoms with E-state index < -0.39 is 5.41 Å². The average molecular weight is 165 g/mol. The molecule has 2 N–H and O–H groups in total. The summed E-state index contributed by atoms with van der Waals surface area (Å²) >= 11 is 0. The zero-order valence-electron chi connectivity index (χ0n) is 7.42. The minimum atomic E-state index is -0.399.